The molecule has 0 saturated heterocycles. The molecule has 2 unspecified atom stereocenters. The molecule has 1 saturated carbocycles. The van der Waals surface area contributed by atoms with Crippen LogP contribution < -0.4 is 0 Å². The second-order valence-corrected chi connectivity index (χ2v) is 4.35. The zero-order valence-corrected chi connectivity index (χ0v) is 9.68. The fourth-order valence-corrected chi connectivity index (χ4v) is 2.49. The number of carboxylic acids is 1. The number of aliphatic carboxylic acids is 1. The van der Waals surface area contributed by atoms with Gasteiger partial charge in [0.05, 0.1) is 5.92 Å². The Balaban J connectivity index is 2.28. The zero-order valence-electron chi connectivity index (χ0n) is 9.68. The predicted octanol–water partition coefficient (Wildman–Crippen LogP) is 1.35. The second kappa shape index (κ2) is 4.23. The minimum absolute atomic E-state index is 0.0373. The van der Waals surface area contributed by atoms with E-state index >= 15 is 0 Å². The smallest absolute Gasteiger partial charge is 0.307 e. The Hall–Kier alpha value is -1.39. The number of rotatable bonds is 3. The molecule has 88 valence electrons. The highest BCUT2D eigenvalue weighted by atomic mass is 16.4. The summed E-state index contributed by atoms with van der Waals surface area (Å²) in [7, 11) is 1.85. The molecule has 0 bridgehead atoms. The van der Waals surface area contributed by atoms with Crippen molar-refractivity contribution >= 4 is 5.97 Å². The standard InChI is InChI=1S/C11H17N3O2/c1-3-9-12-10(14(2)13-9)7-5-4-6-8(7)11(15)16/h7-8H,3-6H2,1-2H3,(H,15,16). The lowest BCUT2D eigenvalue weighted by Gasteiger charge is -2.13. The van der Waals surface area contributed by atoms with Gasteiger partial charge in [-0.15, -0.1) is 0 Å². The highest BCUT2D eigenvalue weighted by Gasteiger charge is 2.36. The third-order valence-electron chi connectivity index (χ3n) is 3.32. The molecular weight excluding hydrogens is 206 g/mol. The first-order valence-corrected chi connectivity index (χ1v) is 5.76. The van der Waals surface area contributed by atoms with Crippen LogP contribution in [0.25, 0.3) is 0 Å². The van der Waals surface area contributed by atoms with E-state index in [4.69, 9.17) is 5.11 Å². The molecule has 5 nitrogen and oxygen atoms in total. The van der Waals surface area contributed by atoms with Crippen molar-refractivity contribution in [1.29, 1.82) is 0 Å². The third-order valence-corrected chi connectivity index (χ3v) is 3.32. The maximum Gasteiger partial charge on any atom is 0.307 e. The summed E-state index contributed by atoms with van der Waals surface area (Å²) in [6, 6.07) is 0. The predicted molar refractivity (Wildman–Crippen MR) is 58.1 cm³/mol. The quantitative estimate of drug-likeness (QED) is 0.839. The number of aromatic nitrogens is 3. The van der Waals surface area contributed by atoms with E-state index in [0.717, 1.165) is 37.3 Å². The summed E-state index contributed by atoms with van der Waals surface area (Å²) in [5.41, 5.74) is 0. The van der Waals surface area contributed by atoms with E-state index in [9.17, 15) is 4.79 Å². The van der Waals surface area contributed by atoms with Gasteiger partial charge < -0.3 is 5.11 Å². The van der Waals surface area contributed by atoms with Crippen LogP contribution in [0.2, 0.25) is 0 Å². The van der Waals surface area contributed by atoms with E-state index < -0.39 is 5.97 Å². The molecule has 1 fully saturated rings. The molecule has 0 radical (unpaired) electrons. The van der Waals surface area contributed by atoms with Crippen LogP contribution in [0, 0.1) is 5.92 Å². The van der Waals surface area contributed by atoms with E-state index in [1.807, 2.05) is 14.0 Å². The molecule has 1 aliphatic rings. The molecular formula is C11H17N3O2. The Labute approximate surface area is 94.5 Å². The molecule has 1 heterocycles. The number of carbonyl (C=O) groups is 1. The van der Waals surface area contributed by atoms with Gasteiger partial charge in [-0.2, -0.15) is 5.10 Å². The molecule has 1 N–H and O–H groups in total. The first-order valence-electron chi connectivity index (χ1n) is 5.76. The van der Waals surface area contributed by atoms with E-state index in [1.54, 1.807) is 4.68 Å². The monoisotopic (exact) mass is 223 g/mol. The number of hydrogen-bond donors (Lipinski definition) is 1. The summed E-state index contributed by atoms with van der Waals surface area (Å²) < 4.78 is 1.74. The van der Waals surface area contributed by atoms with E-state index in [2.05, 4.69) is 10.1 Å². The largest absolute Gasteiger partial charge is 0.481 e. The van der Waals surface area contributed by atoms with Gasteiger partial charge in [0.1, 0.15) is 5.82 Å². The molecule has 16 heavy (non-hydrogen) atoms. The molecule has 1 aromatic heterocycles. The lowest BCUT2D eigenvalue weighted by molar-refractivity contribution is -0.142. The fourth-order valence-electron chi connectivity index (χ4n) is 2.49. The number of hydrogen-bond acceptors (Lipinski definition) is 3. The van der Waals surface area contributed by atoms with Crippen molar-refractivity contribution in [2.45, 2.75) is 38.5 Å². The van der Waals surface area contributed by atoms with Gasteiger partial charge in [-0.3, -0.25) is 9.48 Å². The van der Waals surface area contributed by atoms with Gasteiger partial charge in [0.15, 0.2) is 5.82 Å². The van der Waals surface area contributed by atoms with Crippen LogP contribution in [-0.2, 0) is 18.3 Å². The van der Waals surface area contributed by atoms with Gasteiger partial charge in [0.2, 0.25) is 0 Å². The van der Waals surface area contributed by atoms with Crippen molar-refractivity contribution in [2.75, 3.05) is 0 Å². The van der Waals surface area contributed by atoms with E-state index in [-0.39, 0.29) is 11.8 Å². The van der Waals surface area contributed by atoms with Crippen LogP contribution in [0.5, 0.6) is 0 Å². The van der Waals surface area contributed by atoms with Gasteiger partial charge in [-0.05, 0) is 12.8 Å². The van der Waals surface area contributed by atoms with Crippen LogP contribution >= 0.6 is 0 Å². The average molecular weight is 223 g/mol. The fraction of sp³-hybridized carbons (Fsp3) is 0.727. The molecule has 1 aromatic rings. The van der Waals surface area contributed by atoms with Gasteiger partial charge in [-0.25, -0.2) is 4.98 Å². The molecule has 0 amide bonds. The Morgan fingerprint density at radius 3 is 2.88 bits per heavy atom. The normalized spacial score (nSPS) is 24.9. The molecule has 0 spiro atoms. The molecule has 2 rings (SSSR count). The minimum Gasteiger partial charge on any atom is -0.481 e. The maximum absolute atomic E-state index is 11.1. The highest BCUT2D eigenvalue weighted by Crippen LogP contribution is 2.38. The van der Waals surface area contributed by atoms with Gasteiger partial charge in [0, 0.05) is 19.4 Å². The van der Waals surface area contributed by atoms with Crippen LogP contribution in [0.15, 0.2) is 0 Å². The maximum atomic E-state index is 11.1. The Kier molecular flexibility index (Phi) is 2.94. The van der Waals surface area contributed by atoms with Crippen molar-refractivity contribution in [1.82, 2.24) is 14.8 Å². The summed E-state index contributed by atoms with van der Waals surface area (Å²) >= 11 is 0. The summed E-state index contributed by atoms with van der Waals surface area (Å²) in [5, 5.41) is 13.4. The van der Waals surface area contributed by atoms with Crippen molar-refractivity contribution < 1.29 is 9.90 Å². The molecule has 2 atom stereocenters. The van der Waals surface area contributed by atoms with Crippen LogP contribution in [0.1, 0.15) is 43.8 Å². The first-order chi connectivity index (χ1) is 7.63. The lowest BCUT2D eigenvalue weighted by atomic mass is 9.95. The summed E-state index contributed by atoms with van der Waals surface area (Å²) in [4.78, 5) is 15.5. The average Bonchev–Trinajstić information content (AvgIpc) is 2.82. The Morgan fingerprint density at radius 2 is 2.31 bits per heavy atom. The second-order valence-electron chi connectivity index (χ2n) is 4.35. The van der Waals surface area contributed by atoms with Gasteiger partial charge >= 0.3 is 5.97 Å². The summed E-state index contributed by atoms with van der Waals surface area (Å²) in [6.45, 7) is 2.00. The van der Waals surface area contributed by atoms with E-state index in [0.29, 0.717) is 0 Å². The SMILES string of the molecule is CCc1nc(C2CCCC2C(=O)O)n(C)n1. The molecule has 1 aliphatic carbocycles. The third kappa shape index (κ3) is 1.81. The van der Waals surface area contributed by atoms with Crippen LogP contribution in [0.4, 0.5) is 0 Å². The van der Waals surface area contributed by atoms with Gasteiger partial charge in [0.25, 0.3) is 0 Å². The summed E-state index contributed by atoms with van der Waals surface area (Å²) in [5.74, 6) is 0.682. The topological polar surface area (TPSA) is 68.0 Å². The number of aryl methyl sites for hydroxylation is 2. The first kappa shape index (κ1) is 11.1. The molecule has 0 aromatic carbocycles. The minimum atomic E-state index is -0.705. The van der Waals surface area contributed by atoms with Crippen LogP contribution in [-0.4, -0.2) is 25.8 Å². The molecule has 0 aliphatic heterocycles. The van der Waals surface area contributed by atoms with Crippen molar-refractivity contribution in [2.24, 2.45) is 13.0 Å². The van der Waals surface area contributed by atoms with Crippen molar-refractivity contribution in [3.8, 4) is 0 Å². The zero-order chi connectivity index (χ0) is 11.7. The Morgan fingerprint density at radius 1 is 1.56 bits per heavy atom. The van der Waals surface area contributed by atoms with Crippen molar-refractivity contribution in [3.05, 3.63) is 11.6 Å². The lowest BCUT2D eigenvalue weighted by Crippen LogP contribution is -2.19. The van der Waals surface area contributed by atoms with Gasteiger partial charge in [-0.1, -0.05) is 13.3 Å². The number of carboxylic acid groups (broad SMARTS) is 1. The van der Waals surface area contributed by atoms with E-state index in [1.165, 1.54) is 0 Å². The Bertz CT molecular complexity index is 400. The van der Waals surface area contributed by atoms with Crippen molar-refractivity contribution in [3.63, 3.8) is 0 Å². The molecule has 5 heteroatoms. The van der Waals surface area contributed by atoms with Crippen LogP contribution in [0.3, 0.4) is 0 Å². The number of nitrogens with zero attached hydrogens (tertiary/aromatic N) is 3. The summed E-state index contributed by atoms with van der Waals surface area (Å²) in [6.07, 6.45) is 3.43. The highest BCUT2D eigenvalue weighted by molar-refractivity contribution is 5.71.